The van der Waals surface area contributed by atoms with Gasteiger partial charge >= 0.3 is 0 Å². The van der Waals surface area contributed by atoms with Gasteiger partial charge in [0, 0.05) is 82.3 Å². The van der Waals surface area contributed by atoms with Crippen LogP contribution < -0.4 is 26.6 Å². The maximum Gasteiger partial charge on any atom is 0.133 e. The molecule has 6 aliphatic heterocycles. The van der Waals surface area contributed by atoms with Crippen LogP contribution in [0.2, 0.25) is 0 Å². The van der Waals surface area contributed by atoms with Gasteiger partial charge in [-0.1, -0.05) is 344 Å². The molecule has 11 rings (SSSR count). The smallest absolute Gasteiger partial charge is 0.133 e. The molecule has 5 aromatic rings. The van der Waals surface area contributed by atoms with Crippen LogP contribution in [0.3, 0.4) is 0 Å². The summed E-state index contributed by atoms with van der Waals surface area (Å²) in [6.07, 6.45) is 13.6. The van der Waals surface area contributed by atoms with Gasteiger partial charge in [-0.15, -0.1) is 11.3 Å². The van der Waals surface area contributed by atoms with Gasteiger partial charge in [-0.3, -0.25) is 0 Å². The van der Waals surface area contributed by atoms with Crippen molar-refractivity contribution in [3.8, 4) is 0 Å². The molecule has 0 bridgehead atoms. The Bertz CT molecular complexity index is 1680. The Morgan fingerprint density at radius 2 is 0.562 bits per heavy atom. The summed E-state index contributed by atoms with van der Waals surface area (Å²) >= 11 is 1.79. The third-order valence-electron chi connectivity index (χ3n) is 9.64. The Balaban J connectivity index is -0.0000000779. The molecule has 6 aliphatic rings. The summed E-state index contributed by atoms with van der Waals surface area (Å²) < 4.78 is 21.5. The van der Waals surface area contributed by atoms with Crippen molar-refractivity contribution in [2.24, 2.45) is 47.3 Å². The van der Waals surface area contributed by atoms with Crippen molar-refractivity contribution in [2.45, 2.75) is 341 Å². The van der Waals surface area contributed by atoms with Crippen LogP contribution in [0.25, 0.3) is 21.1 Å². The fourth-order valence-corrected chi connectivity index (χ4v) is 7.14. The Morgan fingerprint density at radius 3 is 0.829 bits per heavy atom. The van der Waals surface area contributed by atoms with Crippen molar-refractivity contribution >= 4 is 32.4 Å². The summed E-state index contributed by atoms with van der Waals surface area (Å²) in [4.78, 5) is 0. The summed E-state index contributed by atoms with van der Waals surface area (Å²) in [6, 6.07) is 29.1. The quantitative estimate of drug-likeness (QED) is 0.104. The van der Waals surface area contributed by atoms with E-state index in [0.717, 1.165) is 150 Å². The summed E-state index contributed by atoms with van der Waals surface area (Å²) in [5, 5.41) is 20.9. The minimum atomic E-state index is 0.833. The lowest BCUT2D eigenvalue weighted by Gasteiger charge is -2.15. The van der Waals surface area contributed by atoms with Gasteiger partial charge in [0.1, 0.15) is 5.58 Å². The van der Waals surface area contributed by atoms with Crippen LogP contribution in [0, 0.1) is 47.3 Å². The number of furan rings is 1. The first kappa shape index (κ1) is 131. The zero-order valence-corrected chi connectivity index (χ0v) is 79.9. The standard InChI is InChI=1S/C9H11N.C8H6O.C8H6S.C5H11N.C5H10O.C4H10N2.C4H9NO.C4H8O.8C4H10.8C2H6/c1-2-4-9-7-10-6-5-8(9)3-1;2*1-2-4-8-7(3-1)5-6-9-8;2*1-2-4-6-5-3-1;1-2-6-4-3-5-1;1-3-6-4-2-5-1;1-2-4-5-3-1;8*1-4(2)3;8*1-2/h1-4,10H,5-7H2;2*1-6H;6H,1-5H2;1-5H2;5-6H,1-4H2;5H,1-4H2;1-4H2;8*4H,1-3H3;8*1-2H3. The monoisotopic (exact) mass is 1510 g/mol. The molecule has 0 atom stereocenters. The molecule has 0 amide bonds. The van der Waals surface area contributed by atoms with Crippen LogP contribution >= 0.6 is 11.3 Å². The van der Waals surface area contributed by atoms with E-state index in [1.165, 1.54) is 92.1 Å². The number of hydrogen-bond acceptors (Lipinski definition) is 10. The van der Waals surface area contributed by atoms with Crippen molar-refractivity contribution in [3.05, 3.63) is 108 Å². The number of thiophene rings is 1. The number of piperazine rings is 1. The lowest BCUT2D eigenvalue weighted by Crippen LogP contribution is -2.39. The Labute approximate surface area is 668 Å². The second-order valence-electron chi connectivity index (χ2n) is 28.1. The van der Waals surface area contributed by atoms with Crippen molar-refractivity contribution < 1.29 is 18.6 Å². The van der Waals surface area contributed by atoms with E-state index in [9.17, 15) is 0 Å². The number of piperidine rings is 1. The molecule has 0 spiro atoms. The third kappa shape index (κ3) is 163. The third-order valence-corrected chi connectivity index (χ3v) is 10.5. The van der Waals surface area contributed by atoms with E-state index in [2.05, 4.69) is 253 Å². The molecule has 3 aromatic carbocycles. The summed E-state index contributed by atoms with van der Waals surface area (Å²) in [7, 11) is 0. The topological polar surface area (TPSA) is 101 Å². The normalized spacial score (nSPS) is 13.1. The summed E-state index contributed by atoms with van der Waals surface area (Å²) in [5.74, 6) is 6.67. The lowest BCUT2D eigenvalue weighted by molar-refractivity contribution is 0.0968. The van der Waals surface area contributed by atoms with Gasteiger partial charge in [-0.25, -0.2) is 0 Å². The molecular weight excluding hydrogens is 1310 g/mol. The van der Waals surface area contributed by atoms with E-state index in [4.69, 9.17) is 18.6 Å². The van der Waals surface area contributed by atoms with Crippen molar-refractivity contribution in [2.75, 3.05) is 98.5 Å². The minimum Gasteiger partial charge on any atom is -0.464 e. The van der Waals surface area contributed by atoms with Crippen LogP contribution in [0.1, 0.15) is 339 Å². The SMILES string of the molecule is C1CCNCC1.C1CCOC1.C1CCOCC1.C1CNCCN1.C1COCCN1.CC.CC.CC.CC.CC.CC.CC.CC.CC(C)C.CC(C)C.CC(C)C.CC(C)C.CC(C)C.CC(C)C.CC(C)C.CC(C)C.c1ccc2c(c1)CCNC2.c1ccc2occc2c1.c1ccc2sccc2c1. The van der Waals surface area contributed by atoms with Crippen LogP contribution in [-0.4, -0.2) is 98.5 Å². The molecular formula is C95H199N5O4S. The fraction of sp³-hybridized carbons (Fsp3) is 0.768. The summed E-state index contributed by atoms with van der Waals surface area (Å²) in [6.45, 7) is 101. The molecule has 5 saturated heterocycles. The molecule has 634 valence electrons. The Morgan fingerprint density at radius 1 is 0.267 bits per heavy atom. The van der Waals surface area contributed by atoms with Gasteiger partial charge in [0.25, 0.3) is 0 Å². The second-order valence-corrected chi connectivity index (χ2v) is 29.1. The fourth-order valence-electron chi connectivity index (χ4n) is 6.35. The highest BCUT2D eigenvalue weighted by Gasteiger charge is 2.05. The predicted molar refractivity (Wildman–Crippen MR) is 496 cm³/mol. The van der Waals surface area contributed by atoms with Crippen molar-refractivity contribution in [1.82, 2.24) is 26.6 Å². The predicted octanol–water partition coefficient (Wildman–Crippen LogP) is 29.7. The molecule has 0 aliphatic carbocycles. The molecule has 10 heteroatoms. The van der Waals surface area contributed by atoms with E-state index in [-0.39, 0.29) is 0 Å². The number of fused-ring (bicyclic) bond motifs is 3. The Hall–Kier alpha value is -3.16. The van der Waals surface area contributed by atoms with Crippen LogP contribution in [0.4, 0.5) is 0 Å². The van der Waals surface area contributed by atoms with Crippen LogP contribution in [0.5, 0.6) is 0 Å². The zero-order chi connectivity index (χ0) is 84.1. The van der Waals surface area contributed by atoms with Gasteiger partial charge in [0.15, 0.2) is 0 Å². The Kier molecular flexibility index (Phi) is 156. The van der Waals surface area contributed by atoms with E-state index in [1.807, 2.05) is 141 Å². The van der Waals surface area contributed by atoms with Crippen LogP contribution in [0.15, 0.2) is 101 Å². The molecule has 5 fully saturated rings. The number of benzene rings is 3. The summed E-state index contributed by atoms with van der Waals surface area (Å²) in [5.41, 5.74) is 3.94. The zero-order valence-electron chi connectivity index (χ0n) is 79.1. The first-order valence-corrected chi connectivity index (χ1v) is 44.3. The number of ether oxygens (including phenoxy) is 3. The largest absolute Gasteiger partial charge is 0.464 e. The highest BCUT2D eigenvalue weighted by atomic mass is 32.1. The van der Waals surface area contributed by atoms with Gasteiger partial charge in [0.2, 0.25) is 0 Å². The lowest BCUT2D eigenvalue weighted by atomic mass is 10.0. The number of nitrogens with one attached hydrogen (secondary N) is 5. The molecule has 105 heavy (non-hydrogen) atoms. The average molecular weight is 1510 g/mol. The van der Waals surface area contributed by atoms with Crippen molar-refractivity contribution in [1.29, 1.82) is 0 Å². The van der Waals surface area contributed by atoms with E-state index >= 15 is 0 Å². The number of para-hydroxylation sites is 1. The average Bonchev–Trinajstić information content (AvgIpc) is 1.74. The highest BCUT2D eigenvalue weighted by molar-refractivity contribution is 7.17. The first-order valence-electron chi connectivity index (χ1n) is 43.4. The number of rotatable bonds is 0. The van der Waals surface area contributed by atoms with E-state index in [1.54, 1.807) is 17.6 Å². The van der Waals surface area contributed by atoms with Gasteiger partial charge < -0.3 is 45.2 Å². The van der Waals surface area contributed by atoms with Crippen LogP contribution in [-0.2, 0) is 27.2 Å². The molecule has 0 unspecified atom stereocenters. The molecule has 2 aromatic heterocycles. The van der Waals surface area contributed by atoms with Gasteiger partial charge in [0.05, 0.1) is 19.5 Å². The molecule has 0 radical (unpaired) electrons. The first-order chi connectivity index (χ1) is 50.3. The molecule has 9 nitrogen and oxygen atoms in total. The van der Waals surface area contributed by atoms with E-state index in [0.29, 0.717) is 0 Å². The number of hydrogen-bond donors (Lipinski definition) is 5. The second kappa shape index (κ2) is 125. The molecule has 0 saturated carbocycles. The molecule has 5 N–H and O–H groups in total. The number of morpholine rings is 1. The van der Waals surface area contributed by atoms with E-state index < -0.39 is 0 Å². The van der Waals surface area contributed by atoms with Gasteiger partial charge in [-0.05, 0) is 165 Å². The maximum absolute atomic E-state index is 5.12. The van der Waals surface area contributed by atoms with Gasteiger partial charge in [-0.2, -0.15) is 0 Å². The maximum atomic E-state index is 5.12. The molecule has 8 heterocycles. The highest BCUT2D eigenvalue weighted by Crippen LogP contribution is 2.19. The minimum absolute atomic E-state index is 0.833. The van der Waals surface area contributed by atoms with Crippen molar-refractivity contribution in [3.63, 3.8) is 0 Å².